The van der Waals surface area contributed by atoms with Gasteiger partial charge in [0.25, 0.3) is 0 Å². The molecule has 1 saturated heterocycles. The Morgan fingerprint density at radius 2 is 1.87 bits per heavy atom. The SMILES string of the molecule is CCN1CCC(c2cc(F)c3cc(-c4cc(C)c5nn(C)cc5c4)nnc3c2)CC1. The van der Waals surface area contributed by atoms with Crippen LogP contribution in [0.4, 0.5) is 4.39 Å². The minimum Gasteiger partial charge on any atom is -0.304 e. The van der Waals surface area contributed by atoms with Gasteiger partial charge in [-0.2, -0.15) is 5.10 Å². The maximum atomic E-state index is 15.1. The molecule has 1 aliphatic heterocycles. The zero-order chi connectivity index (χ0) is 20.8. The summed E-state index contributed by atoms with van der Waals surface area (Å²) >= 11 is 0. The summed E-state index contributed by atoms with van der Waals surface area (Å²) in [6.45, 7) is 7.45. The number of fused-ring (bicyclic) bond motifs is 2. The predicted molar refractivity (Wildman–Crippen MR) is 118 cm³/mol. The lowest BCUT2D eigenvalue weighted by atomic mass is 9.88. The number of likely N-dealkylation sites (tertiary alicyclic amines) is 1. The van der Waals surface area contributed by atoms with E-state index in [0.29, 0.717) is 22.5 Å². The Labute approximate surface area is 175 Å². The van der Waals surface area contributed by atoms with Gasteiger partial charge in [0.1, 0.15) is 5.82 Å². The zero-order valence-corrected chi connectivity index (χ0v) is 17.7. The fourth-order valence-electron chi connectivity index (χ4n) is 4.66. The minimum atomic E-state index is -0.212. The van der Waals surface area contributed by atoms with E-state index in [1.54, 1.807) is 10.7 Å². The van der Waals surface area contributed by atoms with Crippen molar-refractivity contribution in [3.8, 4) is 11.3 Å². The van der Waals surface area contributed by atoms with Crippen molar-refractivity contribution in [2.45, 2.75) is 32.6 Å². The Bertz CT molecular complexity index is 1240. The topological polar surface area (TPSA) is 46.8 Å². The number of rotatable bonds is 3. The third-order valence-corrected chi connectivity index (χ3v) is 6.39. The van der Waals surface area contributed by atoms with Crippen molar-refractivity contribution >= 4 is 21.8 Å². The number of nitrogens with zero attached hydrogens (tertiary/aromatic N) is 5. The first-order valence-corrected chi connectivity index (χ1v) is 10.7. The highest BCUT2D eigenvalue weighted by Crippen LogP contribution is 2.32. The van der Waals surface area contributed by atoms with Crippen LogP contribution in [-0.4, -0.2) is 44.5 Å². The smallest absolute Gasteiger partial charge is 0.133 e. The van der Waals surface area contributed by atoms with E-state index in [9.17, 15) is 0 Å². The zero-order valence-electron chi connectivity index (χ0n) is 17.7. The minimum absolute atomic E-state index is 0.212. The number of benzene rings is 2. The van der Waals surface area contributed by atoms with E-state index in [0.717, 1.165) is 60.1 Å². The number of hydrogen-bond donors (Lipinski definition) is 0. The van der Waals surface area contributed by atoms with Crippen molar-refractivity contribution in [2.75, 3.05) is 19.6 Å². The average Bonchev–Trinajstić information content (AvgIpc) is 3.14. The molecule has 0 unspecified atom stereocenters. The van der Waals surface area contributed by atoms with E-state index in [4.69, 9.17) is 0 Å². The summed E-state index contributed by atoms with van der Waals surface area (Å²) in [5.74, 6) is 0.180. The van der Waals surface area contributed by atoms with Gasteiger partial charge in [-0.25, -0.2) is 4.39 Å². The van der Waals surface area contributed by atoms with Crippen molar-refractivity contribution < 1.29 is 4.39 Å². The molecule has 0 atom stereocenters. The molecule has 3 heterocycles. The standard InChI is InChI=1S/C24H26FN5/c1-4-30-7-5-16(6-8-30)17-11-21(25)20-13-22(26-27-23(20)12-17)18-9-15(2)24-19(10-18)14-29(3)28-24/h9-14,16H,4-8H2,1-3H3. The maximum Gasteiger partial charge on any atom is 0.133 e. The number of aromatic nitrogens is 4. The van der Waals surface area contributed by atoms with Crippen molar-refractivity contribution in [1.29, 1.82) is 0 Å². The fraction of sp³-hybridized carbons (Fsp3) is 0.375. The quantitative estimate of drug-likeness (QED) is 0.492. The van der Waals surface area contributed by atoms with Gasteiger partial charge >= 0.3 is 0 Å². The summed E-state index contributed by atoms with van der Waals surface area (Å²) in [7, 11) is 1.91. The van der Waals surface area contributed by atoms with Crippen LogP contribution >= 0.6 is 0 Å². The van der Waals surface area contributed by atoms with Crippen LogP contribution in [0.15, 0.2) is 36.5 Å². The highest BCUT2D eigenvalue weighted by Gasteiger charge is 2.21. The number of hydrogen-bond acceptors (Lipinski definition) is 4. The number of piperidine rings is 1. The first kappa shape index (κ1) is 19.1. The van der Waals surface area contributed by atoms with Gasteiger partial charge in [0.05, 0.1) is 16.7 Å². The molecule has 1 aliphatic rings. The molecule has 1 fully saturated rings. The lowest BCUT2D eigenvalue weighted by Crippen LogP contribution is -2.32. The van der Waals surface area contributed by atoms with Crippen molar-refractivity contribution in [3.63, 3.8) is 0 Å². The molecule has 0 spiro atoms. The van der Waals surface area contributed by atoms with E-state index >= 15 is 4.39 Å². The molecular weight excluding hydrogens is 377 g/mol. The van der Waals surface area contributed by atoms with Crippen LogP contribution in [0, 0.1) is 12.7 Å². The van der Waals surface area contributed by atoms with Crippen molar-refractivity contribution in [2.24, 2.45) is 7.05 Å². The van der Waals surface area contributed by atoms with Gasteiger partial charge < -0.3 is 4.90 Å². The van der Waals surface area contributed by atoms with Crippen LogP contribution in [0.2, 0.25) is 0 Å². The highest BCUT2D eigenvalue weighted by molar-refractivity contribution is 5.88. The van der Waals surface area contributed by atoms with E-state index in [1.165, 1.54) is 0 Å². The monoisotopic (exact) mass is 403 g/mol. The van der Waals surface area contributed by atoms with Crippen molar-refractivity contribution in [1.82, 2.24) is 24.9 Å². The Kier molecular flexibility index (Phi) is 4.74. The molecule has 2 aromatic heterocycles. The number of aryl methyl sites for hydroxylation is 2. The second-order valence-corrected chi connectivity index (χ2v) is 8.41. The molecule has 0 radical (unpaired) electrons. The van der Waals surface area contributed by atoms with E-state index in [2.05, 4.69) is 27.1 Å². The molecule has 30 heavy (non-hydrogen) atoms. The van der Waals surface area contributed by atoms with Crippen LogP contribution < -0.4 is 0 Å². The molecule has 0 saturated carbocycles. The molecule has 5 nitrogen and oxygen atoms in total. The Balaban J connectivity index is 1.51. The average molecular weight is 404 g/mol. The van der Waals surface area contributed by atoms with Gasteiger partial charge in [-0.3, -0.25) is 4.68 Å². The largest absolute Gasteiger partial charge is 0.304 e. The Morgan fingerprint density at radius 1 is 1.07 bits per heavy atom. The first-order chi connectivity index (χ1) is 14.5. The maximum absolute atomic E-state index is 15.1. The fourth-order valence-corrected chi connectivity index (χ4v) is 4.66. The third kappa shape index (κ3) is 3.35. The molecule has 0 N–H and O–H groups in total. The lowest BCUT2D eigenvalue weighted by molar-refractivity contribution is 0.222. The summed E-state index contributed by atoms with van der Waals surface area (Å²) in [6, 6.07) is 9.63. The van der Waals surface area contributed by atoms with Gasteiger partial charge in [0.2, 0.25) is 0 Å². The van der Waals surface area contributed by atoms with Crippen LogP contribution in [0.1, 0.15) is 36.8 Å². The summed E-state index contributed by atoms with van der Waals surface area (Å²) in [4.78, 5) is 2.45. The van der Waals surface area contributed by atoms with Gasteiger partial charge in [-0.1, -0.05) is 6.92 Å². The second-order valence-electron chi connectivity index (χ2n) is 8.41. The summed E-state index contributed by atoms with van der Waals surface area (Å²) in [5, 5.41) is 14.9. The molecular formula is C24H26FN5. The lowest BCUT2D eigenvalue weighted by Gasteiger charge is -2.31. The van der Waals surface area contributed by atoms with E-state index in [1.807, 2.05) is 44.4 Å². The van der Waals surface area contributed by atoms with Crippen LogP contribution in [-0.2, 0) is 7.05 Å². The molecule has 0 bridgehead atoms. The number of halogens is 1. The molecule has 0 amide bonds. The van der Waals surface area contributed by atoms with Crippen molar-refractivity contribution in [3.05, 3.63) is 53.5 Å². The van der Waals surface area contributed by atoms with E-state index < -0.39 is 0 Å². The van der Waals surface area contributed by atoms with Gasteiger partial charge in [0, 0.05) is 29.6 Å². The normalized spacial score (nSPS) is 16.0. The molecule has 4 aromatic rings. The second kappa shape index (κ2) is 7.43. The summed E-state index contributed by atoms with van der Waals surface area (Å²) in [6.07, 6.45) is 4.11. The molecule has 0 aliphatic carbocycles. The van der Waals surface area contributed by atoms with Crippen LogP contribution in [0.25, 0.3) is 33.1 Å². The van der Waals surface area contributed by atoms with Gasteiger partial charge in [-0.05, 0) is 86.8 Å². The highest BCUT2D eigenvalue weighted by atomic mass is 19.1. The first-order valence-electron chi connectivity index (χ1n) is 10.7. The predicted octanol–water partition coefficient (Wildman–Crippen LogP) is 4.83. The third-order valence-electron chi connectivity index (χ3n) is 6.39. The van der Waals surface area contributed by atoms with Gasteiger partial charge in [0.15, 0.2) is 0 Å². The molecule has 154 valence electrons. The summed E-state index contributed by atoms with van der Waals surface area (Å²) < 4.78 is 16.9. The van der Waals surface area contributed by atoms with E-state index in [-0.39, 0.29) is 5.82 Å². The van der Waals surface area contributed by atoms with Gasteiger partial charge in [-0.15, -0.1) is 10.2 Å². The van der Waals surface area contributed by atoms with Crippen LogP contribution in [0.5, 0.6) is 0 Å². The Morgan fingerprint density at radius 3 is 2.63 bits per heavy atom. The Hall–Kier alpha value is -2.86. The molecule has 6 heteroatoms. The summed E-state index contributed by atoms with van der Waals surface area (Å²) in [5.41, 5.74) is 5.33. The molecule has 2 aromatic carbocycles. The van der Waals surface area contributed by atoms with Crippen LogP contribution in [0.3, 0.4) is 0 Å². The molecule has 5 rings (SSSR count).